The number of carbonyl (C=O) groups is 1. The number of nitrogens with zero attached hydrogens (tertiary/aromatic N) is 1. The van der Waals surface area contributed by atoms with E-state index in [0.29, 0.717) is 17.4 Å². The zero-order valence-corrected chi connectivity index (χ0v) is 33.7. The van der Waals surface area contributed by atoms with Crippen LogP contribution in [0.15, 0.2) is 48.6 Å². The third-order valence-corrected chi connectivity index (χ3v) is 9.50. The highest BCUT2D eigenvalue weighted by atomic mass is 31.2. The van der Waals surface area contributed by atoms with Gasteiger partial charge in [-0.1, -0.05) is 140 Å². The van der Waals surface area contributed by atoms with Crippen LogP contribution in [-0.4, -0.2) is 68.5 Å². The van der Waals surface area contributed by atoms with Gasteiger partial charge in [-0.3, -0.25) is 9.36 Å². The van der Waals surface area contributed by atoms with Crippen LogP contribution in [-0.2, 0) is 18.4 Å². The number of hydrogen-bond donors (Lipinski definition) is 2. The van der Waals surface area contributed by atoms with E-state index >= 15 is 0 Å². The van der Waals surface area contributed by atoms with Crippen LogP contribution in [0.3, 0.4) is 0 Å². The molecule has 0 aromatic rings. The molecule has 0 aromatic heterocycles. The van der Waals surface area contributed by atoms with E-state index in [0.717, 1.165) is 64.2 Å². The number of unbranched alkanes of at least 4 members (excludes halogenated alkanes) is 16. The highest BCUT2D eigenvalue weighted by Gasteiger charge is 2.23. The summed E-state index contributed by atoms with van der Waals surface area (Å²) in [5.41, 5.74) is 0. The SMILES string of the molecule is CCCCC/C=C/C(O)C(COP(=O)([O-])OCC[N+](C)(C)C)NC(=O)CCCCCCCCCC/C=C\C/C=C\C/C=C\CCCCCCC. The fourth-order valence-corrected chi connectivity index (χ4v) is 6.00. The van der Waals surface area contributed by atoms with E-state index in [2.05, 4.69) is 55.6 Å². The number of aliphatic hydroxyl groups excluding tert-OH is 1. The summed E-state index contributed by atoms with van der Waals surface area (Å²) in [6.45, 7) is 4.49. The van der Waals surface area contributed by atoms with Gasteiger partial charge in [0.2, 0.25) is 5.91 Å². The van der Waals surface area contributed by atoms with Gasteiger partial charge in [-0.15, -0.1) is 0 Å². The van der Waals surface area contributed by atoms with E-state index in [1.807, 2.05) is 27.2 Å². The van der Waals surface area contributed by atoms with Crippen molar-refractivity contribution in [2.45, 2.75) is 167 Å². The van der Waals surface area contributed by atoms with Gasteiger partial charge in [0, 0.05) is 6.42 Å². The number of quaternary nitrogens is 1. The summed E-state index contributed by atoms with van der Waals surface area (Å²) in [4.78, 5) is 25.0. The quantitative estimate of drug-likeness (QED) is 0.0292. The van der Waals surface area contributed by atoms with Crippen LogP contribution in [0.4, 0.5) is 0 Å². The van der Waals surface area contributed by atoms with Crippen LogP contribution in [0.5, 0.6) is 0 Å². The third-order valence-electron chi connectivity index (χ3n) is 8.53. The number of aliphatic hydroxyl groups is 1. The number of hydrogen-bond acceptors (Lipinski definition) is 6. The minimum absolute atomic E-state index is 0.00543. The van der Waals surface area contributed by atoms with Crippen molar-refractivity contribution in [1.29, 1.82) is 0 Å². The zero-order chi connectivity index (χ0) is 37.2. The van der Waals surface area contributed by atoms with Gasteiger partial charge in [-0.05, 0) is 57.8 Å². The Morgan fingerprint density at radius 1 is 0.700 bits per heavy atom. The number of phosphoric ester groups is 1. The number of carbonyl (C=O) groups excluding carboxylic acids is 1. The van der Waals surface area contributed by atoms with Gasteiger partial charge >= 0.3 is 0 Å². The highest BCUT2D eigenvalue weighted by molar-refractivity contribution is 7.45. The third kappa shape index (κ3) is 34.9. The summed E-state index contributed by atoms with van der Waals surface area (Å²) in [6, 6.07) is -0.887. The average Bonchev–Trinajstić information content (AvgIpc) is 3.06. The maximum absolute atomic E-state index is 12.7. The molecule has 0 rings (SSSR count). The van der Waals surface area contributed by atoms with Gasteiger partial charge in [0.25, 0.3) is 7.82 Å². The first kappa shape index (κ1) is 48.5. The lowest BCUT2D eigenvalue weighted by atomic mass is 10.1. The van der Waals surface area contributed by atoms with Crippen molar-refractivity contribution >= 4 is 13.7 Å². The molecule has 0 fully saturated rings. The van der Waals surface area contributed by atoms with E-state index in [1.54, 1.807) is 6.08 Å². The van der Waals surface area contributed by atoms with E-state index in [4.69, 9.17) is 9.05 Å². The second-order valence-electron chi connectivity index (χ2n) is 14.6. The number of allylic oxidation sites excluding steroid dienone is 7. The largest absolute Gasteiger partial charge is 0.756 e. The summed E-state index contributed by atoms with van der Waals surface area (Å²) in [7, 11) is 1.24. The molecule has 1 amide bonds. The molecular weight excluding hydrogens is 647 g/mol. The molecule has 0 spiro atoms. The van der Waals surface area contributed by atoms with E-state index in [-0.39, 0.29) is 19.1 Å². The second kappa shape index (κ2) is 33.3. The van der Waals surface area contributed by atoms with Crippen molar-refractivity contribution in [1.82, 2.24) is 5.32 Å². The summed E-state index contributed by atoms with van der Waals surface area (Å²) in [6.07, 6.45) is 40.6. The maximum Gasteiger partial charge on any atom is 0.268 e. The first-order chi connectivity index (χ1) is 24.0. The van der Waals surface area contributed by atoms with Gasteiger partial charge in [0.05, 0.1) is 39.9 Å². The molecule has 292 valence electrons. The van der Waals surface area contributed by atoms with Crippen LogP contribution >= 0.6 is 7.82 Å². The first-order valence-corrected chi connectivity index (χ1v) is 21.5. The minimum atomic E-state index is -4.57. The topological polar surface area (TPSA) is 108 Å². The number of nitrogens with one attached hydrogen (secondary N) is 1. The van der Waals surface area contributed by atoms with Crippen molar-refractivity contribution in [3.05, 3.63) is 48.6 Å². The molecule has 0 saturated carbocycles. The van der Waals surface area contributed by atoms with Crippen LogP contribution in [0.1, 0.15) is 155 Å². The Labute approximate surface area is 308 Å². The van der Waals surface area contributed by atoms with Crippen molar-refractivity contribution in [2.24, 2.45) is 0 Å². The molecule has 0 radical (unpaired) electrons. The van der Waals surface area contributed by atoms with Gasteiger partial charge in [-0.25, -0.2) is 0 Å². The van der Waals surface area contributed by atoms with Gasteiger partial charge in [0.1, 0.15) is 13.2 Å². The molecule has 9 heteroatoms. The number of phosphoric acid groups is 1. The lowest BCUT2D eigenvalue weighted by Crippen LogP contribution is -2.45. The Hall–Kier alpha value is -1.54. The first-order valence-electron chi connectivity index (χ1n) is 20.0. The van der Waals surface area contributed by atoms with Gasteiger partial charge in [-0.2, -0.15) is 0 Å². The van der Waals surface area contributed by atoms with Gasteiger partial charge < -0.3 is 28.8 Å². The number of rotatable bonds is 35. The van der Waals surface area contributed by atoms with Crippen LogP contribution in [0.25, 0.3) is 0 Å². The molecule has 0 aromatic carbocycles. The Morgan fingerprint density at radius 2 is 1.16 bits per heavy atom. The summed E-state index contributed by atoms with van der Waals surface area (Å²) in [5.74, 6) is -0.215. The van der Waals surface area contributed by atoms with Crippen molar-refractivity contribution < 1.29 is 32.9 Å². The van der Waals surface area contributed by atoms with E-state index in [1.165, 1.54) is 70.6 Å². The zero-order valence-electron chi connectivity index (χ0n) is 32.8. The predicted molar refractivity (Wildman–Crippen MR) is 210 cm³/mol. The van der Waals surface area contributed by atoms with Crippen molar-refractivity contribution in [2.75, 3.05) is 40.9 Å². The standard InChI is InChI=1S/C41H77N2O6P/c1-6-8-10-12-13-14-15-16-17-18-19-20-21-22-23-24-25-26-27-28-29-31-33-35-41(45)42-39(40(44)34-32-30-11-9-7-2)38-49-50(46,47)48-37-36-43(3,4)5/h15-16,18-19,21-22,32,34,39-40,44H,6-14,17,20,23-31,33,35-38H2,1-5H3,(H-,42,45,46,47)/b16-15-,19-18-,22-21-,34-32+. The Morgan fingerprint density at radius 3 is 1.72 bits per heavy atom. The van der Waals surface area contributed by atoms with Crippen LogP contribution in [0.2, 0.25) is 0 Å². The lowest BCUT2D eigenvalue weighted by Gasteiger charge is -2.29. The van der Waals surface area contributed by atoms with Crippen LogP contribution < -0.4 is 10.2 Å². The molecule has 8 nitrogen and oxygen atoms in total. The molecular formula is C41H77N2O6P. The molecule has 0 saturated heterocycles. The molecule has 0 aliphatic rings. The van der Waals surface area contributed by atoms with Crippen molar-refractivity contribution in [3.8, 4) is 0 Å². The highest BCUT2D eigenvalue weighted by Crippen LogP contribution is 2.38. The summed E-state index contributed by atoms with van der Waals surface area (Å²) in [5, 5.41) is 13.5. The monoisotopic (exact) mass is 725 g/mol. The smallest absolute Gasteiger partial charge is 0.268 e. The fraction of sp³-hybridized carbons (Fsp3) is 0.780. The molecule has 0 bridgehead atoms. The Bertz CT molecular complexity index is 959. The fourth-order valence-electron chi connectivity index (χ4n) is 5.27. The molecule has 2 N–H and O–H groups in total. The molecule has 3 atom stereocenters. The molecule has 0 heterocycles. The minimum Gasteiger partial charge on any atom is -0.756 e. The number of likely N-dealkylation sites (N-methyl/N-ethyl adjacent to an activating group) is 1. The van der Waals surface area contributed by atoms with E-state index in [9.17, 15) is 19.4 Å². The number of amides is 1. The molecule has 0 aliphatic carbocycles. The maximum atomic E-state index is 12.7. The Balaban J connectivity index is 4.16. The van der Waals surface area contributed by atoms with Crippen LogP contribution in [0, 0.1) is 0 Å². The normalized spacial score (nSPS) is 15.1. The molecule has 50 heavy (non-hydrogen) atoms. The summed E-state index contributed by atoms with van der Waals surface area (Å²) < 4.78 is 22.9. The summed E-state index contributed by atoms with van der Waals surface area (Å²) >= 11 is 0. The molecule has 0 aliphatic heterocycles. The average molecular weight is 725 g/mol. The predicted octanol–water partition coefficient (Wildman–Crippen LogP) is 9.89. The second-order valence-corrected chi connectivity index (χ2v) is 16.0. The van der Waals surface area contributed by atoms with Gasteiger partial charge in [0.15, 0.2) is 0 Å². The van der Waals surface area contributed by atoms with Crippen molar-refractivity contribution in [3.63, 3.8) is 0 Å². The van der Waals surface area contributed by atoms with E-state index < -0.39 is 20.0 Å². The lowest BCUT2D eigenvalue weighted by molar-refractivity contribution is -0.870. The Kier molecular flexibility index (Phi) is 32.3. The molecule has 3 unspecified atom stereocenters.